The molecule has 0 N–H and O–H groups in total. The highest BCUT2D eigenvalue weighted by molar-refractivity contribution is 5.69. The van der Waals surface area contributed by atoms with E-state index in [0.717, 1.165) is 5.56 Å². The molecule has 1 aromatic heterocycles. The zero-order valence-corrected chi connectivity index (χ0v) is 13.1. The molecule has 0 radical (unpaired) electrons. The Balaban J connectivity index is 2.08. The molecule has 0 fully saturated rings. The van der Waals surface area contributed by atoms with Crippen LogP contribution in [0.25, 0.3) is 22.8 Å². The maximum absolute atomic E-state index is 11.3. The Bertz CT molecular complexity index is 874. The molecule has 0 bridgehead atoms. The summed E-state index contributed by atoms with van der Waals surface area (Å²) in [5, 5.41) is 11.3. The van der Waals surface area contributed by atoms with Crippen LogP contribution in [0.4, 0.5) is 5.69 Å². The summed E-state index contributed by atoms with van der Waals surface area (Å²) >= 11 is 0. The maximum Gasteiger partial charge on any atom is 0.315 e. The molecule has 2 aromatic carbocycles. The van der Waals surface area contributed by atoms with Gasteiger partial charge in [-0.25, -0.2) is 4.98 Å². The highest BCUT2D eigenvalue weighted by atomic mass is 16.6. The van der Waals surface area contributed by atoms with E-state index >= 15 is 0 Å². The standard InChI is InChI=1S/C17H14N2O5/c1-22-14-9-12(8-13(19(20)21)16(14)23-2)17-18-10-15(24-17)11-6-4-3-5-7-11/h3-10H,1-2H3. The summed E-state index contributed by atoms with van der Waals surface area (Å²) in [6.07, 6.45) is 1.58. The monoisotopic (exact) mass is 326 g/mol. The highest BCUT2D eigenvalue weighted by Gasteiger charge is 2.23. The van der Waals surface area contributed by atoms with Crippen molar-refractivity contribution in [2.24, 2.45) is 0 Å². The van der Waals surface area contributed by atoms with Gasteiger partial charge in [-0.15, -0.1) is 0 Å². The Hall–Kier alpha value is -3.35. The fraction of sp³-hybridized carbons (Fsp3) is 0.118. The molecule has 0 saturated carbocycles. The van der Waals surface area contributed by atoms with Crippen LogP contribution in [-0.2, 0) is 0 Å². The van der Waals surface area contributed by atoms with Crippen molar-refractivity contribution in [2.45, 2.75) is 0 Å². The van der Waals surface area contributed by atoms with Crippen molar-refractivity contribution in [1.29, 1.82) is 0 Å². The lowest BCUT2D eigenvalue weighted by Crippen LogP contribution is -1.98. The fourth-order valence-corrected chi connectivity index (χ4v) is 2.35. The highest BCUT2D eigenvalue weighted by Crippen LogP contribution is 2.41. The van der Waals surface area contributed by atoms with Crippen molar-refractivity contribution >= 4 is 5.69 Å². The van der Waals surface area contributed by atoms with Crippen LogP contribution in [0.5, 0.6) is 11.5 Å². The number of hydrogen-bond acceptors (Lipinski definition) is 6. The number of nitro groups is 1. The van der Waals surface area contributed by atoms with E-state index in [0.29, 0.717) is 11.3 Å². The normalized spacial score (nSPS) is 10.4. The van der Waals surface area contributed by atoms with E-state index in [2.05, 4.69) is 4.98 Å². The van der Waals surface area contributed by atoms with Crippen LogP contribution in [0, 0.1) is 10.1 Å². The number of hydrogen-bond donors (Lipinski definition) is 0. The first kappa shape index (κ1) is 15.5. The lowest BCUT2D eigenvalue weighted by molar-refractivity contribution is -0.385. The molecular formula is C17H14N2O5. The summed E-state index contributed by atoms with van der Waals surface area (Å²) < 4.78 is 16.0. The average Bonchev–Trinajstić information content (AvgIpc) is 3.11. The van der Waals surface area contributed by atoms with Crippen LogP contribution < -0.4 is 9.47 Å². The second kappa shape index (κ2) is 6.41. The minimum atomic E-state index is -0.536. The Kier molecular flexibility index (Phi) is 4.15. The lowest BCUT2D eigenvalue weighted by atomic mass is 10.1. The molecular weight excluding hydrogens is 312 g/mol. The van der Waals surface area contributed by atoms with Gasteiger partial charge in [0.1, 0.15) is 0 Å². The second-order valence-electron chi connectivity index (χ2n) is 4.88. The van der Waals surface area contributed by atoms with Crippen LogP contribution in [0.3, 0.4) is 0 Å². The predicted molar refractivity (Wildman–Crippen MR) is 87.1 cm³/mol. The molecule has 122 valence electrons. The maximum atomic E-state index is 11.3. The smallest absolute Gasteiger partial charge is 0.315 e. The minimum absolute atomic E-state index is 0.0566. The Labute approximate surface area is 137 Å². The molecule has 7 heteroatoms. The molecule has 1 heterocycles. The van der Waals surface area contributed by atoms with Crippen molar-refractivity contribution in [3.05, 3.63) is 58.8 Å². The second-order valence-corrected chi connectivity index (χ2v) is 4.88. The van der Waals surface area contributed by atoms with E-state index in [9.17, 15) is 10.1 Å². The van der Waals surface area contributed by atoms with Gasteiger partial charge < -0.3 is 13.9 Å². The third-order valence-electron chi connectivity index (χ3n) is 3.47. The molecule has 0 amide bonds. The van der Waals surface area contributed by atoms with Gasteiger partial charge in [0.25, 0.3) is 0 Å². The van der Waals surface area contributed by atoms with Gasteiger partial charge in [0.2, 0.25) is 11.6 Å². The third-order valence-corrected chi connectivity index (χ3v) is 3.47. The first-order chi connectivity index (χ1) is 11.6. The zero-order chi connectivity index (χ0) is 17.1. The molecule has 0 aliphatic rings. The predicted octanol–water partition coefficient (Wildman–Crippen LogP) is 3.93. The van der Waals surface area contributed by atoms with Crippen LogP contribution >= 0.6 is 0 Å². The number of rotatable bonds is 5. The number of methoxy groups -OCH3 is 2. The number of oxazole rings is 1. The van der Waals surface area contributed by atoms with Crippen LogP contribution in [-0.4, -0.2) is 24.1 Å². The molecule has 0 spiro atoms. The lowest BCUT2D eigenvalue weighted by Gasteiger charge is -2.09. The van der Waals surface area contributed by atoms with Crippen molar-refractivity contribution in [3.8, 4) is 34.3 Å². The first-order valence-electron chi connectivity index (χ1n) is 7.06. The first-order valence-corrected chi connectivity index (χ1v) is 7.06. The van der Waals surface area contributed by atoms with E-state index in [1.54, 1.807) is 12.3 Å². The van der Waals surface area contributed by atoms with E-state index in [-0.39, 0.29) is 23.1 Å². The number of aromatic nitrogens is 1. The van der Waals surface area contributed by atoms with Gasteiger partial charge in [0, 0.05) is 17.2 Å². The number of benzene rings is 2. The molecule has 7 nitrogen and oxygen atoms in total. The van der Waals surface area contributed by atoms with E-state index in [1.807, 2.05) is 30.3 Å². The molecule has 0 aliphatic carbocycles. The molecule has 0 saturated heterocycles. The largest absolute Gasteiger partial charge is 0.493 e. The number of ether oxygens (including phenoxy) is 2. The molecule has 3 aromatic rings. The average molecular weight is 326 g/mol. The minimum Gasteiger partial charge on any atom is -0.493 e. The number of nitro benzene ring substituents is 1. The quantitative estimate of drug-likeness (QED) is 0.521. The molecule has 24 heavy (non-hydrogen) atoms. The van der Waals surface area contributed by atoms with Gasteiger partial charge >= 0.3 is 5.69 Å². The summed E-state index contributed by atoms with van der Waals surface area (Å²) in [4.78, 5) is 15.0. The summed E-state index contributed by atoms with van der Waals surface area (Å²) in [6, 6.07) is 12.4. The van der Waals surface area contributed by atoms with E-state index < -0.39 is 4.92 Å². The van der Waals surface area contributed by atoms with Crippen molar-refractivity contribution in [3.63, 3.8) is 0 Å². The summed E-state index contributed by atoms with van der Waals surface area (Å²) in [5.41, 5.74) is 1.08. The van der Waals surface area contributed by atoms with Gasteiger partial charge in [-0.3, -0.25) is 10.1 Å². The van der Waals surface area contributed by atoms with Crippen molar-refractivity contribution in [2.75, 3.05) is 14.2 Å². The van der Waals surface area contributed by atoms with Crippen molar-refractivity contribution < 1.29 is 18.8 Å². The Morgan fingerprint density at radius 2 is 1.83 bits per heavy atom. The summed E-state index contributed by atoms with van der Waals surface area (Å²) in [7, 11) is 2.76. The third kappa shape index (κ3) is 2.79. The van der Waals surface area contributed by atoms with Gasteiger partial charge in [-0.05, 0) is 6.07 Å². The Morgan fingerprint density at radius 1 is 1.08 bits per heavy atom. The molecule has 0 aliphatic heterocycles. The van der Waals surface area contributed by atoms with Gasteiger partial charge in [-0.1, -0.05) is 30.3 Å². The van der Waals surface area contributed by atoms with Crippen LogP contribution in [0.2, 0.25) is 0 Å². The summed E-state index contributed by atoms with van der Waals surface area (Å²) in [6.45, 7) is 0. The Morgan fingerprint density at radius 3 is 2.46 bits per heavy atom. The molecule has 0 atom stereocenters. The van der Waals surface area contributed by atoms with E-state index in [4.69, 9.17) is 13.9 Å². The van der Waals surface area contributed by atoms with E-state index in [1.165, 1.54) is 20.3 Å². The van der Waals surface area contributed by atoms with Gasteiger partial charge in [0.15, 0.2) is 11.5 Å². The van der Waals surface area contributed by atoms with Crippen molar-refractivity contribution in [1.82, 2.24) is 4.98 Å². The topological polar surface area (TPSA) is 87.6 Å². The molecule has 3 rings (SSSR count). The van der Waals surface area contributed by atoms with Gasteiger partial charge in [-0.2, -0.15) is 0 Å². The molecule has 0 unspecified atom stereocenters. The number of nitrogens with zero attached hydrogens (tertiary/aromatic N) is 2. The van der Waals surface area contributed by atoms with Gasteiger partial charge in [0.05, 0.1) is 25.3 Å². The van der Waals surface area contributed by atoms with Crippen LogP contribution in [0.1, 0.15) is 0 Å². The SMILES string of the molecule is COc1cc(-c2ncc(-c3ccccc3)o2)cc([N+](=O)[O-])c1OC. The zero-order valence-electron chi connectivity index (χ0n) is 13.1. The summed E-state index contributed by atoms with van der Waals surface area (Å²) in [5.74, 6) is 1.13. The fourth-order valence-electron chi connectivity index (χ4n) is 2.35. The van der Waals surface area contributed by atoms with Crippen LogP contribution in [0.15, 0.2) is 53.1 Å².